The van der Waals surface area contributed by atoms with Crippen molar-refractivity contribution in [3.8, 4) is 0 Å². The highest BCUT2D eigenvalue weighted by molar-refractivity contribution is 7.70. The summed E-state index contributed by atoms with van der Waals surface area (Å²) < 4.78 is 8.82. The number of hydrogen-bond donors (Lipinski definition) is 0. The summed E-state index contributed by atoms with van der Waals surface area (Å²) in [6.07, 6.45) is 0. The van der Waals surface area contributed by atoms with Crippen LogP contribution in [-0.4, -0.2) is 40.4 Å². The SMILES string of the molecule is C[N+](C)=c1cc(N2CCOCC2)ss1. The minimum atomic E-state index is 0.861. The minimum absolute atomic E-state index is 0.861. The number of nitrogens with zero attached hydrogens (tertiary/aromatic N) is 2. The monoisotopic (exact) mass is 231 g/mol. The van der Waals surface area contributed by atoms with Crippen LogP contribution in [0.3, 0.4) is 0 Å². The quantitative estimate of drug-likeness (QED) is 0.522. The molecule has 78 valence electrons. The highest BCUT2D eigenvalue weighted by atomic mass is 32.9. The first-order valence-corrected chi connectivity index (χ1v) is 6.85. The van der Waals surface area contributed by atoms with E-state index in [1.807, 2.05) is 20.7 Å². The second kappa shape index (κ2) is 4.42. The Balaban J connectivity index is 2.20. The molecule has 5 heteroatoms. The number of anilines is 1. The molecule has 0 radical (unpaired) electrons. The number of ether oxygens (including phenoxy) is 1. The summed E-state index contributed by atoms with van der Waals surface area (Å²) in [5, 5.41) is 1.38. The third-order valence-electron chi connectivity index (χ3n) is 2.22. The van der Waals surface area contributed by atoms with Crippen LogP contribution in [-0.2, 0) is 4.74 Å². The van der Waals surface area contributed by atoms with Crippen LogP contribution in [0.15, 0.2) is 6.07 Å². The van der Waals surface area contributed by atoms with Crippen LogP contribution in [0.25, 0.3) is 0 Å². The average molecular weight is 231 g/mol. The van der Waals surface area contributed by atoms with Crippen LogP contribution >= 0.6 is 20.7 Å². The van der Waals surface area contributed by atoms with Crippen LogP contribution in [0.1, 0.15) is 0 Å². The molecular formula is C9H15N2OS2+. The van der Waals surface area contributed by atoms with Crippen molar-refractivity contribution in [1.29, 1.82) is 0 Å². The summed E-state index contributed by atoms with van der Waals surface area (Å²) in [6.45, 7) is 3.78. The standard InChI is InChI=1S/C9H15N2OS2/c1-10(2)8-7-9(14-13-8)11-3-5-12-6-4-11/h7H,3-6H2,1-2H3/q+1. The Morgan fingerprint density at radius 1 is 1.29 bits per heavy atom. The summed E-state index contributed by atoms with van der Waals surface area (Å²) in [4.78, 5) is 2.40. The molecule has 1 saturated heterocycles. The van der Waals surface area contributed by atoms with E-state index in [9.17, 15) is 0 Å². The van der Waals surface area contributed by atoms with Gasteiger partial charge in [-0.3, -0.25) is 0 Å². The van der Waals surface area contributed by atoms with E-state index in [0.717, 1.165) is 26.3 Å². The molecule has 3 nitrogen and oxygen atoms in total. The zero-order chi connectivity index (χ0) is 9.97. The van der Waals surface area contributed by atoms with E-state index in [0.29, 0.717) is 0 Å². The molecule has 0 unspecified atom stereocenters. The van der Waals surface area contributed by atoms with E-state index >= 15 is 0 Å². The Kier molecular flexibility index (Phi) is 3.20. The van der Waals surface area contributed by atoms with Crippen LogP contribution in [0.2, 0.25) is 0 Å². The Morgan fingerprint density at radius 3 is 2.57 bits per heavy atom. The number of rotatable bonds is 1. The molecule has 1 aromatic rings. The Morgan fingerprint density at radius 2 is 2.00 bits per heavy atom. The predicted molar refractivity (Wildman–Crippen MR) is 62.3 cm³/mol. The van der Waals surface area contributed by atoms with Crippen molar-refractivity contribution in [1.82, 2.24) is 4.58 Å². The smallest absolute Gasteiger partial charge is 0.268 e. The summed E-state index contributed by atoms with van der Waals surface area (Å²) in [7, 11) is 7.86. The summed E-state index contributed by atoms with van der Waals surface area (Å²) in [5.74, 6) is 0. The molecule has 14 heavy (non-hydrogen) atoms. The van der Waals surface area contributed by atoms with Gasteiger partial charge in [0.25, 0.3) is 4.67 Å². The molecule has 0 saturated carbocycles. The fraction of sp³-hybridized carbons (Fsp3) is 0.667. The number of morpholine rings is 1. The first-order valence-electron chi connectivity index (χ1n) is 4.70. The van der Waals surface area contributed by atoms with Crippen molar-refractivity contribution in [3.63, 3.8) is 0 Å². The fourth-order valence-electron chi connectivity index (χ4n) is 1.37. The molecule has 1 fully saturated rings. The van der Waals surface area contributed by atoms with E-state index < -0.39 is 0 Å². The molecule has 0 spiro atoms. The van der Waals surface area contributed by atoms with Gasteiger partial charge in [-0.25, -0.2) is 4.58 Å². The summed E-state index contributed by atoms with van der Waals surface area (Å²) >= 11 is 0. The normalized spacial score (nSPS) is 17.1. The van der Waals surface area contributed by atoms with Crippen molar-refractivity contribution in [2.45, 2.75) is 0 Å². The Hall–Kier alpha value is -0.390. The van der Waals surface area contributed by atoms with Crippen LogP contribution in [0.5, 0.6) is 0 Å². The van der Waals surface area contributed by atoms with Crippen LogP contribution in [0.4, 0.5) is 5.00 Å². The van der Waals surface area contributed by atoms with Gasteiger partial charge in [-0.1, -0.05) is 10.3 Å². The fourth-order valence-corrected chi connectivity index (χ4v) is 3.94. The van der Waals surface area contributed by atoms with Gasteiger partial charge in [0.2, 0.25) is 0 Å². The second-order valence-electron chi connectivity index (χ2n) is 3.48. The minimum Gasteiger partial charge on any atom is -0.378 e. The van der Waals surface area contributed by atoms with Gasteiger partial charge in [-0.2, -0.15) is 0 Å². The third-order valence-corrected chi connectivity index (χ3v) is 4.78. The van der Waals surface area contributed by atoms with E-state index in [4.69, 9.17) is 4.74 Å². The molecule has 0 N–H and O–H groups in total. The van der Waals surface area contributed by atoms with Crippen molar-refractivity contribution in [3.05, 3.63) is 10.7 Å². The van der Waals surface area contributed by atoms with Crippen molar-refractivity contribution < 1.29 is 4.74 Å². The molecule has 2 heterocycles. The van der Waals surface area contributed by atoms with E-state index in [1.54, 1.807) is 0 Å². The zero-order valence-electron chi connectivity index (χ0n) is 8.52. The van der Waals surface area contributed by atoms with Gasteiger partial charge in [0.1, 0.15) is 19.1 Å². The van der Waals surface area contributed by atoms with Crippen LogP contribution < -0.4 is 14.1 Å². The van der Waals surface area contributed by atoms with Crippen molar-refractivity contribution in [2.75, 3.05) is 45.3 Å². The van der Waals surface area contributed by atoms with Gasteiger partial charge >= 0.3 is 0 Å². The average Bonchev–Trinajstić information content (AvgIpc) is 2.68. The highest BCUT2D eigenvalue weighted by Gasteiger charge is 2.13. The molecule has 2 rings (SSSR count). The van der Waals surface area contributed by atoms with Crippen molar-refractivity contribution >= 4 is 25.7 Å². The van der Waals surface area contributed by atoms with Crippen molar-refractivity contribution in [2.24, 2.45) is 0 Å². The van der Waals surface area contributed by atoms with Gasteiger partial charge in [-0.05, 0) is 10.3 Å². The first kappa shape index (κ1) is 10.1. The topological polar surface area (TPSA) is 15.5 Å². The molecule has 0 aliphatic carbocycles. The summed E-state index contributed by atoms with van der Waals surface area (Å²) in [5.41, 5.74) is 0. The molecule has 0 aromatic carbocycles. The molecule has 0 bridgehead atoms. The lowest BCUT2D eigenvalue weighted by atomic mass is 10.4. The molecule has 0 amide bonds. The second-order valence-corrected chi connectivity index (χ2v) is 5.65. The highest BCUT2D eigenvalue weighted by Crippen LogP contribution is 2.22. The van der Waals surface area contributed by atoms with E-state index in [-0.39, 0.29) is 0 Å². The van der Waals surface area contributed by atoms with Gasteiger partial charge in [-0.15, -0.1) is 0 Å². The zero-order valence-corrected chi connectivity index (χ0v) is 10.2. The maximum atomic E-state index is 5.33. The molecule has 0 atom stereocenters. The number of hydrogen-bond acceptors (Lipinski definition) is 4. The lowest BCUT2D eigenvalue weighted by Crippen LogP contribution is -2.35. The van der Waals surface area contributed by atoms with Gasteiger partial charge in [0, 0.05) is 13.1 Å². The van der Waals surface area contributed by atoms with Gasteiger partial charge < -0.3 is 9.64 Å². The predicted octanol–water partition coefficient (Wildman–Crippen LogP) is 0.678. The van der Waals surface area contributed by atoms with Crippen LogP contribution in [0, 0.1) is 0 Å². The molecule has 1 aliphatic rings. The van der Waals surface area contributed by atoms with E-state index in [1.165, 1.54) is 9.67 Å². The third kappa shape index (κ3) is 2.16. The van der Waals surface area contributed by atoms with Gasteiger partial charge in [0.05, 0.1) is 19.3 Å². The first-order chi connectivity index (χ1) is 6.77. The maximum Gasteiger partial charge on any atom is 0.268 e. The Bertz CT molecular complexity index is 359. The molecule has 1 aliphatic heterocycles. The Labute approximate surface area is 91.3 Å². The lowest BCUT2D eigenvalue weighted by Gasteiger charge is -2.26. The molecular weight excluding hydrogens is 216 g/mol. The maximum absolute atomic E-state index is 5.33. The van der Waals surface area contributed by atoms with E-state index in [2.05, 4.69) is 29.6 Å². The summed E-state index contributed by atoms with van der Waals surface area (Å²) in [6, 6.07) is 2.26. The van der Waals surface area contributed by atoms with Gasteiger partial charge in [0.15, 0.2) is 0 Å². The molecule has 1 aromatic heterocycles. The lowest BCUT2D eigenvalue weighted by molar-refractivity contribution is 0.123. The largest absolute Gasteiger partial charge is 0.378 e.